The van der Waals surface area contributed by atoms with Crippen LogP contribution in [0.4, 0.5) is 13.2 Å². The van der Waals surface area contributed by atoms with E-state index in [9.17, 15) is 18.0 Å². The van der Waals surface area contributed by atoms with Crippen LogP contribution in [0, 0.1) is 0 Å². The minimum atomic E-state index is -4.55. The van der Waals surface area contributed by atoms with Crippen LogP contribution in [-0.2, 0) is 6.18 Å². The molecule has 1 unspecified atom stereocenters. The number of nitrogens with one attached hydrogen (secondary N) is 1. The van der Waals surface area contributed by atoms with Gasteiger partial charge in [0.05, 0.1) is 30.6 Å². The van der Waals surface area contributed by atoms with Gasteiger partial charge in [0.15, 0.2) is 5.69 Å². The molecule has 33 heavy (non-hydrogen) atoms. The normalized spacial score (nSPS) is 15.4. The molecule has 4 rings (SSSR count). The maximum Gasteiger partial charge on any atom is 0.418 e. The molecular weight excluding hydrogens is 435 g/mol. The summed E-state index contributed by atoms with van der Waals surface area (Å²) in [6.07, 6.45) is -1.18. The average molecular weight is 459 g/mol. The number of amides is 1. The zero-order valence-corrected chi connectivity index (χ0v) is 18.0. The monoisotopic (exact) mass is 459 g/mol. The minimum absolute atomic E-state index is 0.0576. The first-order valence-electron chi connectivity index (χ1n) is 10.6. The molecule has 0 bridgehead atoms. The standard InChI is InChI=1S/C23H24F3N5O2/c1-33-17-8-6-7-16(13-17)21(30-11-4-5-12-30)14-27-22(32)19-15-31(29-28-19)20-10-3-2-9-18(20)23(24,25)26/h2-3,6-10,13,15,21H,4-5,11-12,14H2,1H3,(H,27,32). The number of likely N-dealkylation sites (tertiary alicyclic amines) is 1. The maximum absolute atomic E-state index is 13.3. The van der Waals surface area contributed by atoms with E-state index in [0.29, 0.717) is 6.54 Å². The van der Waals surface area contributed by atoms with E-state index in [1.807, 2.05) is 24.3 Å². The van der Waals surface area contributed by atoms with E-state index in [-0.39, 0.29) is 17.4 Å². The van der Waals surface area contributed by atoms with Crippen molar-refractivity contribution in [3.63, 3.8) is 0 Å². The van der Waals surface area contributed by atoms with Crippen LogP contribution >= 0.6 is 0 Å². The minimum Gasteiger partial charge on any atom is -0.497 e. The van der Waals surface area contributed by atoms with Gasteiger partial charge in [-0.1, -0.05) is 29.5 Å². The van der Waals surface area contributed by atoms with E-state index in [1.165, 1.54) is 24.4 Å². The highest BCUT2D eigenvalue weighted by Crippen LogP contribution is 2.33. The smallest absolute Gasteiger partial charge is 0.418 e. The van der Waals surface area contributed by atoms with Crippen LogP contribution in [0.1, 0.15) is 40.5 Å². The second-order valence-electron chi connectivity index (χ2n) is 7.81. The largest absolute Gasteiger partial charge is 0.497 e. The lowest BCUT2D eigenvalue weighted by Gasteiger charge is -2.28. The number of halogens is 3. The molecule has 3 aromatic rings. The maximum atomic E-state index is 13.3. The van der Waals surface area contributed by atoms with Crippen LogP contribution in [-0.4, -0.2) is 52.5 Å². The molecule has 0 aliphatic carbocycles. The van der Waals surface area contributed by atoms with Crippen LogP contribution in [0.3, 0.4) is 0 Å². The second-order valence-corrected chi connectivity index (χ2v) is 7.81. The number of hydrogen-bond acceptors (Lipinski definition) is 5. The van der Waals surface area contributed by atoms with E-state index in [1.54, 1.807) is 7.11 Å². The molecule has 2 aromatic carbocycles. The van der Waals surface area contributed by atoms with Crippen molar-refractivity contribution in [3.8, 4) is 11.4 Å². The molecule has 174 valence electrons. The van der Waals surface area contributed by atoms with Crippen molar-refractivity contribution in [2.75, 3.05) is 26.7 Å². The van der Waals surface area contributed by atoms with Gasteiger partial charge in [0.25, 0.3) is 5.91 Å². The molecular formula is C23H24F3N5O2. The van der Waals surface area contributed by atoms with E-state index < -0.39 is 17.6 Å². The Kier molecular flexibility index (Phi) is 6.64. The van der Waals surface area contributed by atoms with Crippen LogP contribution in [0.2, 0.25) is 0 Å². The van der Waals surface area contributed by atoms with Gasteiger partial charge in [0, 0.05) is 6.54 Å². The van der Waals surface area contributed by atoms with E-state index in [2.05, 4.69) is 20.5 Å². The van der Waals surface area contributed by atoms with Gasteiger partial charge in [-0.2, -0.15) is 13.2 Å². The molecule has 1 atom stereocenters. The van der Waals surface area contributed by atoms with Gasteiger partial charge in [-0.25, -0.2) is 4.68 Å². The highest BCUT2D eigenvalue weighted by atomic mass is 19.4. The molecule has 10 heteroatoms. The Bertz CT molecular complexity index is 1110. The molecule has 0 spiro atoms. The fraction of sp³-hybridized carbons (Fsp3) is 0.348. The molecule has 0 radical (unpaired) electrons. The van der Waals surface area contributed by atoms with Gasteiger partial charge in [0.1, 0.15) is 5.75 Å². The number of rotatable bonds is 7. The van der Waals surface area contributed by atoms with E-state index in [4.69, 9.17) is 4.74 Å². The summed E-state index contributed by atoms with van der Waals surface area (Å²) in [4.78, 5) is 15.0. The van der Waals surface area contributed by atoms with Crippen molar-refractivity contribution in [1.29, 1.82) is 0 Å². The fourth-order valence-corrected chi connectivity index (χ4v) is 4.04. The molecule has 0 saturated carbocycles. The van der Waals surface area contributed by atoms with Crippen molar-refractivity contribution >= 4 is 5.91 Å². The Hall–Kier alpha value is -3.40. The molecule has 1 N–H and O–H groups in total. The Morgan fingerprint density at radius 3 is 2.64 bits per heavy atom. The zero-order chi connectivity index (χ0) is 23.4. The SMILES string of the molecule is COc1cccc(C(CNC(=O)c2cn(-c3ccccc3C(F)(F)F)nn2)N2CCCC2)c1. The Morgan fingerprint density at radius 2 is 1.91 bits per heavy atom. The van der Waals surface area contributed by atoms with Crippen molar-refractivity contribution in [2.24, 2.45) is 0 Å². The number of carbonyl (C=O) groups is 1. The number of para-hydroxylation sites is 1. The number of hydrogen-bond donors (Lipinski definition) is 1. The van der Waals surface area contributed by atoms with Crippen molar-refractivity contribution in [2.45, 2.75) is 25.1 Å². The number of alkyl halides is 3. The first-order chi connectivity index (χ1) is 15.9. The van der Waals surface area contributed by atoms with Gasteiger partial charge in [0.2, 0.25) is 0 Å². The summed E-state index contributed by atoms with van der Waals surface area (Å²) in [5.41, 5.74) is -0.0889. The summed E-state index contributed by atoms with van der Waals surface area (Å²) in [7, 11) is 1.60. The molecule has 1 aromatic heterocycles. The van der Waals surface area contributed by atoms with Crippen LogP contribution < -0.4 is 10.1 Å². The summed E-state index contributed by atoms with van der Waals surface area (Å²) in [6, 6.07) is 12.7. The predicted octanol–water partition coefficient (Wildman–Crippen LogP) is 3.86. The van der Waals surface area contributed by atoms with Crippen LogP contribution in [0.25, 0.3) is 5.69 Å². The molecule has 1 fully saturated rings. The molecule has 1 aliphatic heterocycles. The Morgan fingerprint density at radius 1 is 1.15 bits per heavy atom. The number of carbonyl (C=O) groups excluding carboxylic acids is 1. The molecule has 7 nitrogen and oxygen atoms in total. The van der Waals surface area contributed by atoms with Gasteiger partial charge in [-0.05, 0) is 55.8 Å². The van der Waals surface area contributed by atoms with E-state index in [0.717, 1.165) is 48.0 Å². The van der Waals surface area contributed by atoms with E-state index >= 15 is 0 Å². The molecule has 1 amide bonds. The number of aromatic nitrogens is 3. The summed E-state index contributed by atoms with van der Waals surface area (Å²) < 4.78 is 46.3. The molecule has 1 aliphatic rings. The van der Waals surface area contributed by atoms with Gasteiger partial charge in [-0.15, -0.1) is 5.10 Å². The van der Waals surface area contributed by atoms with Crippen LogP contribution in [0.15, 0.2) is 54.7 Å². The number of benzene rings is 2. The van der Waals surface area contributed by atoms with Crippen molar-refractivity contribution in [1.82, 2.24) is 25.2 Å². The van der Waals surface area contributed by atoms with Crippen molar-refractivity contribution in [3.05, 3.63) is 71.5 Å². The third-order valence-corrected chi connectivity index (χ3v) is 5.70. The third kappa shape index (κ3) is 5.16. The number of nitrogens with zero attached hydrogens (tertiary/aromatic N) is 4. The number of methoxy groups -OCH3 is 1. The Labute approximate surface area is 189 Å². The molecule has 1 saturated heterocycles. The lowest BCUT2D eigenvalue weighted by Crippen LogP contribution is -2.37. The Balaban J connectivity index is 1.51. The molecule has 2 heterocycles. The highest BCUT2D eigenvalue weighted by molar-refractivity contribution is 5.92. The predicted molar refractivity (Wildman–Crippen MR) is 115 cm³/mol. The van der Waals surface area contributed by atoms with Crippen LogP contribution in [0.5, 0.6) is 5.75 Å². The van der Waals surface area contributed by atoms with Gasteiger partial charge < -0.3 is 10.1 Å². The quantitative estimate of drug-likeness (QED) is 0.581. The van der Waals surface area contributed by atoms with Crippen molar-refractivity contribution < 1.29 is 22.7 Å². The zero-order valence-electron chi connectivity index (χ0n) is 18.0. The van der Waals surface area contributed by atoms with Gasteiger partial charge in [-0.3, -0.25) is 9.69 Å². The van der Waals surface area contributed by atoms with Gasteiger partial charge >= 0.3 is 6.18 Å². The second kappa shape index (κ2) is 9.62. The lowest BCUT2D eigenvalue weighted by atomic mass is 10.0. The summed E-state index contributed by atoms with van der Waals surface area (Å²) in [5, 5.41) is 10.4. The summed E-state index contributed by atoms with van der Waals surface area (Å²) in [5.74, 6) is 0.229. The first kappa shape index (κ1) is 22.8. The third-order valence-electron chi connectivity index (χ3n) is 5.70. The summed E-state index contributed by atoms with van der Waals surface area (Å²) in [6.45, 7) is 2.16. The lowest BCUT2D eigenvalue weighted by molar-refractivity contribution is -0.137. The summed E-state index contributed by atoms with van der Waals surface area (Å²) >= 11 is 0. The highest BCUT2D eigenvalue weighted by Gasteiger charge is 2.34. The number of ether oxygens (including phenoxy) is 1. The topological polar surface area (TPSA) is 72.3 Å². The fourth-order valence-electron chi connectivity index (χ4n) is 4.04. The first-order valence-corrected chi connectivity index (χ1v) is 10.6. The average Bonchev–Trinajstić information content (AvgIpc) is 3.51.